The number of carbonyl (C=O) groups excluding carboxylic acids is 1. The molecule has 0 fully saturated rings. The average Bonchev–Trinajstić information content (AvgIpc) is 2.81. The minimum absolute atomic E-state index is 0.124. The Bertz CT molecular complexity index is 662. The van der Waals surface area contributed by atoms with E-state index >= 15 is 0 Å². The van der Waals surface area contributed by atoms with Crippen LogP contribution in [0.25, 0.3) is 0 Å². The second-order valence-corrected chi connectivity index (χ2v) is 5.43. The number of aromatic nitrogens is 3. The number of aryl methyl sites for hydroxylation is 2. The molecule has 20 heavy (non-hydrogen) atoms. The molecule has 0 saturated carbocycles. The number of carbonyl (C=O) groups is 1. The van der Waals surface area contributed by atoms with E-state index < -0.39 is 0 Å². The first-order valence-corrected chi connectivity index (χ1v) is 7.05. The molecule has 0 saturated heterocycles. The highest BCUT2D eigenvalue weighted by Crippen LogP contribution is 2.17. The summed E-state index contributed by atoms with van der Waals surface area (Å²) in [6.45, 7) is 10.5. The van der Waals surface area contributed by atoms with Crippen LogP contribution < -0.4 is 0 Å². The fourth-order valence-electron chi connectivity index (χ4n) is 2.76. The summed E-state index contributed by atoms with van der Waals surface area (Å²) in [7, 11) is 1.99. The lowest BCUT2D eigenvalue weighted by molar-refractivity contribution is 0.0966. The zero-order valence-electron chi connectivity index (χ0n) is 13.2. The molecular formula is C16H23N3O. The van der Waals surface area contributed by atoms with Crippen LogP contribution in [0.2, 0.25) is 0 Å². The van der Waals surface area contributed by atoms with Crippen LogP contribution in [0.3, 0.4) is 0 Å². The van der Waals surface area contributed by atoms with Gasteiger partial charge in [-0.25, -0.2) is 0 Å². The van der Waals surface area contributed by atoms with Gasteiger partial charge in [0.1, 0.15) is 6.54 Å². The first-order chi connectivity index (χ1) is 9.36. The monoisotopic (exact) mass is 273 g/mol. The number of hydrogen-bond donors (Lipinski definition) is 0. The number of Topliss-reactive ketones (excluding diaryl/α,β-unsaturated/α-hetero) is 1. The van der Waals surface area contributed by atoms with Crippen LogP contribution in [0, 0.1) is 27.7 Å². The van der Waals surface area contributed by atoms with Crippen molar-refractivity contribution >= 4 is 5.78 Å². The Labute approximate surface area is 120 Å². The third-order valence-corrected chi connectivity index (χ3v) is 4.25. The number of ketones is 1. The van der Waals surface area contributed by atoms with E-state index in [1.807, 2.05) is 50.1 Å². The Balaban J connectivity index is 2.30. The molecule has 0 N–H and O–H groups in total. The largest absolute Gasteiger partial charge is 0.351 e. The van der Waals surface area contributed by atoms with E-state index in [0.29, 0.717) is 6.54 Å². The summed E-state index contributed by atoms with van der Waals surface area (Å²) in [6, 6.07) is 1.96. The second kappa shape index (κ2) is 5.27. The van der Waals surface area contributed by atoms with Crippen LogP contribution >= 0.6 is 0 Å². The second-order valence-electron chi connectivity index (χ2n) is 5.43. The standard InChI is InChI=1S/C16H23N3O/c1-7-14-11(3)17-19(13(14)5)9-16(20)15-8-10(2)18(6)12(15)4/h8H,7,9H2,1-6H3. The molecule has 0 aromatic carbocycles. The van der Waals surface area contributed by atoms with Crippen LogP contribution in [0.1, 0.15) is 45.6 Å². The fraction of sp³-hybridized carbons (Fsp3) is 0.500. The van der Waals surface area contributed by atoms with Gasteiger partial charge in [0, 0.05) is 29.7 Å². The maximum atomic E-state index is 12.5. The Morgan fingerprint density at radius 2 is 1.85 bits per heavy atom. The molecule has 0 radical (unpaired) electrons. The van der Waals surface area contributed by atoms with Gasteiger partial charge in [0.25, 0.3) is 0 Å². The minimum Gasteiger partial charge on any atom is -0.351 e. The lowest BCUT2D eigenvalue weighted by Gasteiger charge is -2.05. The van der Waals surface area contributed by atoms with E-state index in [4.69, 9.17) is 0 Å². The topological polar surface area (TPSA) is 39.8 Å². The van der Waals surface area contributed by atoms with Crippen molar-refractivity contribution in [1.82, 2.24) is 14.3 Å². The Morgan fingerprint density at radius 3 is 2.30 bits per heavy atom. The van der Waals surface area contributed by atoms with E-state index in [0.717, 1.165) is 34.8 Å². The molecule has 2 heterocycles. The van der Waals surface area contributed by atoms with Crippen molar-refractivity contribution in [2.24, 2.45) is 7.05 Å². The lowest BCUT2D eigenvalue weighted by atomic mass is 10.1. The van der Waals surface area contributed by atoms with E-state index in [1.54, 1.807) is 0 Å². The molecule has 0 bridgehead atoms. The molecule has 0 amide bonds. The maximum absolute atomic E-state index is 12.5. The van der Waals surface area contributed by atoms with Crippen molar-refractivity contribution < 1.29 is 4.79 Å². The summed E-state index contributed by atoms with van der Waals surface area (Å²) in [5.41, 5.74) is 6.30. The highest BCUT2D eigenvalue weighted by Gasteiger charge is 2.17. The van der Waals surface area contributed by atoms with E-state index in [-0.39, 0.29) is 5.78 Å². The third-order valence-electron chi connectivity index (χ3n) is 4.25. The van der Waals surface area contributed by atoms with Gasteiger partial charge in [0.2, 0.25) is 0 Å². The molecule has 0 atom stereocenters. The summed E-state index contributed by atoms with van der Waals surface area (Å²) in [5.74, 6) is 0.124. The van der Waals surface area contributed by atoms with Crippen molar-refractivity contribution in [1.29, 1.82) is 0 Å². The molecule has 0 aliphatic heterocycles. The molecular weight excluding hydrogens is 250 g/mol. The zero-order valence-corrected chi connectivity index (χ0v) is 13.2. The summed E-state index contributed by atoms with van der Waals surface area (Å²) in [4.78, 5) is 12.5. The number of nitrogens with zero attached hydrogens (tertiary/aromatic N) is 3. The zero-order chi connectivity index (χ0) is 15.0. The van der Waals surface area contributed by atoms with Gasteiger partial charge >= 0.3 is 0 Å². The smallest absolute Gasteiger partial charge is 0.186 e. The van der Waals surface area contributed by atoms with Gasteiger partial charge in [0.15, 0.2) is 5.78 Å². The van der Waals surface area contributed by atoms with Gasteiger partial charge in [-0.05, 0) is 45.7 Å². The number of hydrogen-bond acceptors (Lipinski definition) is 2. The molecule has 4 nitrogen and oxygen atoms in total. The molecule has 0 aliphatic rings. The first kappa shape index (κ1) is 14.6. The van der Waals surface area contributed by atoms with Gasteiger partial charge in [-0.3, -0.25) is 9.48 Å². The highest BCUT2D eigenvalue weighted by molar-refractivity contribution is 5.97. The maximum Gasteiger partial charge on any atom is 0.186 e. The predicted octanol–water partition coefficient (Wildman–Crippen LogP) is 2.90. The van der Waals surface area contributed by atoms with Gasteiger partial charge in [-0.2, -0.15) is 5.10 Å². The molecule has 2 rings (SSSR count). The summed E-state index contributed by atoms with van der Waals surface area (Å²) in [5, 5.41) is 4.49. The Morgan fingerprint density at radius 1 is 1.20 bits per heavy atom. The van der Waals surface area contributed by atoms with E-state index in [2.05, 4.69) is 12.0 Å². The molecule has 2 aromatic rings. The third kappa shape index (κ3) is 2.30. The average molecular weight is 273 g/mol. The van der Waals surface area contributed by atoms with Gasteiger partial charge in [-0.1, -0.05) is 6.92 Å². The van der Waals surface area contributed by atoms with Crippen molar-refractivity contribution in [2.75, 3.05) is 0 Å². The minimum atomic E-state index is 0.124. The van der Waals surface area contributed by atoms with Crippen LogP contribution in [-0.2, 0) is 20.0 Å². The highest BCUT2D eigenvalue weighted by atomic mass is 16.1. The molecule has 2 aromatic heterocycles. The fourth-order valence-corrected chi connectivity index (χ4v) is 2.76. The van der Waals surface area contributed by atoms with Crippen molar-refractivity contribution in [2.45, 2.75) is 47.6 Å². The van der Waals surface area contributed by atoms with E-state index in [9.17, 15) is 4.79 Å². The molecule has 108 valence electrons. The predicted molar refractivity (Wildman–Crippen MR) is 80.3 cm³/mol. The van der Waals surface area contributed by atoms with Gasteiger partial charge in [-0.15, -0.1) is 0 Å². The van der Waals surface area contributed by atoms with Gasteiger partial charge < -0.3 is 4.57 Å². The molecule has 0 spiro atoms. The normalized spacial score (nSPS) is 11.1. The lowest BCUT2D eigenvalue weighted by Crippen LogP contribution is -2.14. The summed E-state index contributed by atoms with van der Waals surface area (Å²) in [6.07, 6.45) is 0.954. The van der Waals surface area contributed by atoms with Crippen LogP contribution in [-0.4, -0.2) is 20.1 Å². The molecule has 0 aliphatic carbocycles. The SMILES string of the molecule is CCc1c(C)nn(CC(=O)c2cc(C)n(C)c2C)c1C. The Kier molecular flexibility index (Phi) is 3.84. The van der Waals surface area contributed by atoms with Crippen LogP contribution in [0.4, 0.5) is 0 Å². The van der Waals surface area contributed by atoms with Crippen molar-refractivity contribution in [3.05, 3.63) is 40.0 Å². The molecule has 4 heteroatoms. The quantitative estimate of drug-likeness (QED) is 0.804. The number of rotatable bonds is 4. The van der Waals surface area contributed by atoms with Gasteiger partial charge in [0.05, 0.1) is 5.69 Å². The van der Waals surface area contributed by atoms with Crippen molar-refractivity contribution in [3.63, 3.8) is 0 Å². The van der Waals surface area contributed by atoms with E-state index in [1.165, 1.54) is 5.56 Å². The Hall–Kier alpha value is -1.84. The van der Waals surface area contributed by atoms with Crippen LogP contribution in [0.5, 0.6) is 0 Å². The first-order valence-electron chi connectivity index (χ1n) is 7.05. The molecule has 0 unspecified atom stereocenters. The van der Waals surface area contributed by atoms with Crippen molar-refractivity contribution in [3.8, 4) is 0 Å². The summed E-state index contributed by atoms with van der Waals surface area (Å²) >= 11 is 0. The van der Waals surface area contributed by atoms with Crippen LogP contribution in [0.15, 0.2) is 6.07 Å². The summed E-state index contributed by atoms with van der Waals surface area (Å²) < 4.78 is 3.88.